The van der Waals surface area contributed by atoms with E-state index in [0.717, 1.165) is 28.5 Å². The van der Waals surface area contributed by atoms with Crippen LogP contribution in [-0.2, 0) is 0 Å². The van der Waals surface area contributed by atoms with E-state index < -0.39 is 0 Å². The predicted molar refractivity (Wildman–Crippen MR) is 114 cm³/mol. The van der Waals surface area contributed by atoms with E-state index in [4.69, 9.17) is 26.4 Å². The maximum Gasteiger partial charge on any atom is 0.171 e. The van der Waals surface area contributed by atoms with Crippen LogP contribution >= 0.6 is 12.2 Å². The van der Waals surface area contributed by atoms with Gasteiger partial charge in [0.1, 0.15) is 5.75 Å². The van der Waals surface area contributed by atoms with Gasteiger partial charge in [0.25, 0.3) is 0 Å². The van der Waals surface area contributed by atoms with Crippen molar-refractivity contribution in [1.82, 2.24) is 5.32 Å². The van der Waals surface area contributed by atoms with Crippen molar-refractivity contribution >= 4 is 23.0 Å². The SMILES string of the molecule is CCOc1ccccc1NC(=S)N[C@H](C)c1ccc(OCC)c(OCC)c1. The van der Waals surface area contributed by atoms with Gasteiger partial charge in [0.2, 0.25) is 0 Å². The van der Waals surface area contributed by atoms with E-state index in [2.05, 4.69) is 10.6 Å². The zero-order valence-electron chi connectivity index (χ0n) is 16.4. The number of hydrogen-bond donors (Lipinski definition) is 2. The van der Waals surface area contributed by atoms with Crippen LogP contribution in [0.15, 0.2) is 42.5 Å². The van der Waals surface area contributed by atoms with Gasteiger partial charge in [-0.1, -0.05) is 18.2 Å². The highest BCUT2D eigenvalue weighted by molar-refractivity contribution is 7.80. The maximum absolute atomic E-state index is 5.71. The molecule has 27 heavy (non-hydrogen) atoms. The minimum Gasteiger partial charge on any atom is -0.492 e. The molecule has 2 rings (SSSR count). The second-order valence-electron chi connectivity index (χ2n) is 5.82. The Morgan fingerprint density at radius 3 is 2.22 bits per heavy atom. The average Bonchev–Trinajstić information content (AvgIpc) is 2.65. The van der Waals surface area contributed by atoms with Crippen LogP contribution in [0.3, 0.4) is 0 Å². The lowest BCUT2D eigenvalue weighted by Crippen LogP contribution is -2.31. The fraction of sp³-hybridized carbons (Fsp3) is 0.381. The number of rotatable bonds is 9. The number of benzene rings is 2. The molecule has 146 valence electrons. The van der Waals surface area contributed by atoms with Crippen LogP contribution in [0.5, 0.6) is 17.2 Å². The molecule has 0 bridgehead atoms. The van der Waals surface area contributed by atoms with Crippen LogP contribution in [0.4, 0.5) is 5.69 Å². The largest absolute Gasteiger partial charge is 0.492 e. The molecule has 1 atom stereocenters. The van der Waals surface area contributed by atoms with Crippen molar-refractivity contribution in [3.8, 4) is 17.2 Å². The molecule has 2 aromatic carbocycles. The van der Waals surface area contributed by atoms with Crippen LogP contribution in [0, 0.1) is 0 Å². The molecular weight excluding hydrogens is 360 g/mol. The Hall–Kier alpha value is -2.47. The molecule has 0 saturated carbocycles. The fourth-order valence-corrected chi connectivity index (χ4v) is 2.91. The Balaban J connectivity index is 2.07. The predicted octanol–water partition coefficient (Wildman–Crippen LogP) is 4.93. The summed E-state index contributed by atoms with van der Waals surface area (Å²) in [6.45, 7) is 9.70. The Labute approximate surface area is 167 Å². The molecule has 2 aromatic rings. The molecule has 0 amide bonds. The Bertz CT molecular complexity index is 752. The third-order valence-electron chi connectivity index (χ3n) is 3.85. The first-order valence-corrected chi connectivity index (χ1v) is 9.68. The first-order valence-electron chi connectivity index (χ1n) is 9.27. The van der Waals surface area contributed by atoms with Gasteiger partial charge in [0, 0.05) is 0 Å². The lowest BCUT2D eigenvalue weighted by Gasteiger charge is -2.20. The number of ether oxygens (including phenoxy) is 3. The minimum atomic E-state index is -0.000798. The van der Waals surface area contributed by atoms with Crippen molar-refractivity contribution in [3.63, 3.8) is 0 Å². The lowest BCUT2D eigenvalue weighted by molar-refractivity contribution is 0.287. The van der Waals surface area contributed by atoms with Gasteiger partial charge >= 0.3 is 0 Å². The Kier molecular flexibility index (Phi) is 8.20. The summed E-state index contributed by atoms with van der Waals surface area (Å²) in [7, 11) is 0. The van der Waals surface area contributed by atoms with Crippen LogP contribution in [-0.4, -0.2) is 24.9 Å². The second-order valence-corrected chi connectivity index (χ2v) is 6.23. The summed E-state index contributed by atoms with van der Waals surface area (Å²) in [5.74, 6) is 2.27. The molecular formula is C21H28N2O3S. The fourth-order valence-electron chi connectivity index (χ4n) is 2.63. The standard InChI is InChI=1S/C21H28N2O3S/c1-5-24-18-11-9-8-10-17(18)23-21(27)22-15(4)16-12-13-19(25-6-2)20(14-16)26-7-3/h8-15H,5-7H2,1-4H3,(H2,22,23,27)/t15-/m1/s1. The van der Waals surface area contributed by atoms with Crippen LogP contribution < -0.4 is 24.8 Å². The third-order valence-corrected chi connectivity index (χ3v) is 4.07. The summed E-state index contributed by atoms with van der Waals surface area (Å²) in [5.41, 5.74) is 1.90. The van der Waals surface area contributed by atoms with Crippen molar-refractivity contribution in [2.75, 3.05) is 25.1 Å². The highest BCUT2D eigenvalue weighted by Crippen LogP contribution is 2.31. The monoisotopic (exact) mass is 388 g/mol. The van der Waals surface area contributed by atoms with Crippen molar-refractivity contribution < 1.29 is 14.2 Å². The summed E-state index contributed by atoms with van der Waals surface area (Å²) in [6, 6.07) is 13.7. The molecule has 0 aliphatic carbocycles. The van der Waals surface area contributed by atoms with Crippen molar-refractivity contribution in [2.45, 2.75) is 33.7 Å². The molecule has 0 aliphatic rings. The van der Waals surface area contributed by atoms with Gasteiger partial charge < -0.3 is 24.8 Å². The summed E-state index contributed by atoms with van der Waals surface area (Å²) in [4.78, 5) is 0. The molecule has 6 heteroatoms. The molecule has 0 aliphatic heterocycles. The molecule has 0 heterocycles. The first-order chi connectivity index (χ1) is 13.1. The zero-order valence-corrected chi connectivity index (χ0v) is 17.2. The van der Waals surface area contributed by atoms with Gasteiger partial charge in [-0.3, -0.25) is 0 Å². The van der Waals surface area contributed by atoms with Crippen molar-refractivity contribution in [2.24, 2.45) is 0 Å². The summed E-state index contributed by atoms with van der Waals surface area (Å²) >= 11 is 5.47. The second kappa shape index (κ2) is 10.6. The van der Waals surface area contributed by atoms with E-state index in [1.807, 2.05) is 70.2 Å². The smallest absolute Gasteiger partial charge is 0.171 e. The molecule has 0 fully saturated rings. The molecule has 0 aromatic heterocycles. The van der Waals surface area contributed by atoms with E-state index in [1.165, 1.54) is 0 Å². The number of hydrogen-bond acceptors (Lipinski definition) is 4. The summed E-state index contributed by atoms with van der Waals surface area (Å²) in [5, 5.41) is 7.04. The third kappa shape index (κ3) is 6.03. The van der Waals surface area contributed by atoms with E-state index >= 15 is 0 Å². The van der Waals surface area contributed by atoms with Gasteiger partial charge in [0.15, 0.2) is 16.6 Å². The molecule has 0 unspecified atom stereocenters. The maximum atomic E-state index is 5.71. The van der Waals surface area contributed by atoms with Crippen molar-refractivity contribution in [1.29, 1.82) is 0 Å². The van der Waals surface area contributed by atoms with Gasteiger partial charge in [0.05, 0.1) is 31.5 Å². The Morgan fingerprint density at radius 1 is 0.889 bits per heavy atom. The average molecular weight is 389 g/mol. The highest BCUT2D eigenvalue weighted by atomic mass is 32.1. The van der Waals surface area contributed by atoms with E-state index in [9.17, 15) is 0 Å². The molecule has 2 N–H and O–H groups in total. The van der Waals surface area contributed by atoms with Gasteiger partial charge in [-0.2, -0.15) is 0 Å². The van der Waals surface area contributed by atoms with Crippen LogP contribution in [0.2, 0.25) is 0 Å². The molecule has 0 spiro atoms. The topological polar surface area (TPSA) is 51.8 Å². The van der Waals surface area contributed by atoms with Crippen LogP contribution in [0.1, 0.15) is 39.3 Å². The van der Waals surface area contributed by atoms with Crippen LogP contribution in [0.25, 0.3) is 0 Å². The number of para-hydroxylation sites is 2. The van der Waals surface area contributed by atoms with Crippen molar-refractivity contribution in [3.05, 3.63) is 48.0 Å². The number of thiocarbonyl (C=S) groups is 1. The number of anilines is 1. The zero-order chi connectivity index (χ0) is 19.6. The quantitative estimate of drug-likeness (QED) is 0.594. The molecule has 5 nitrogen and oxygen atoms in total. The van der Waals surface area contributed by atoms with Gasteiger partial charge in [-0.05, 0) is 69.7 Å². The number of nitrogens with one attached hydrogen (secondary N) is 2. The van der Waals surface area contributed by atoms with Gasteiger partial charge in [-0.25, -0.2) is 0 Å². The molecule has 0 radical (unpaired) electrons. The van der Waals surface area contributed by atoms with E-state index in [1.54, 1.807) is 0 Å². The summed E-state index contributed by atoms with van der Waals surface area (Å²) < 4.78 is 17.0. The van der Waals surface area contributed by atoms with Gasteiger partial charge in [-0.15, -0.1) is 0 Å². The summed E-state index contributed by atoms with van der Waals surface area (Å²) in [6.07, 6.45) is 0. The normalized spacial score (nSPS) is 11.4. The van der Waals surface area contributed by atoms with E-state index in [-0.39, 0.29) is 6.04 Å². The lowest BCUT2D eigenvalue weighted by atomic mass is 10.1. The van der Waals surface area contributed by atoms with E-state index in [0.29, 0.717) is 24.9 Å². The minimum absolute atomic E-state index is 0.000798. The molecule has 0 saturated heterocycles. The highest BCUT2D eigenvalue weighted by Gasteiger charge is 2.13. The Morgan fingerprint density at radius 2 is 1.52 bits per heavy atom. The first kappa shape index (κ1) is 20.8.